The van der Waals surface area contributed by atoms with Gasteiger partial charge in [-0.2, -0.15) is 0 Å². The Morgan fingerprint density at radius 1 is 0.625 bits per heavy atom. The van der Waals surface area contributed by atoms with Crippen LogP contribution in [0.5, 0.6) is 0 Å². The molecule has 0 atom stereocenters. The number of hydrogen-bond acceptors (Lipinski definition) is 0. The van der Waals surface area contributed by atoms with Crippen LogP contribution in [0.15, 0.2) is 35.4 Å². The van der Waals surface area contributed by atoms with Crippen LogP contribution < -0.4 is 0 Å². The zero-order chi connectivity index (χ0) is 11.4. The average molecular weight is 214 g/mol. The quantitative estimate of drug-likeness (QED) is 0.550. The van der Waals surface area contributed by atoms with Gasteiger partial charge < -0.3 is 0 Å². The van der Waals surface area contributed by atoms with E-state index in [4.69, 9.17) is 0 Å². The van der Waals surface area contributed by atoms with Gasteiger partial charge in [-0.05, 0) is 63.5 Å². The van der Waals surface area contributed by atoms with Gasteiger partial charge in [-0.15, -0.1) is 0 Å². The molecule has 0 fully saturated rings. The fraction of sp³-hybridized carbons (Fsp3) is 0.500. The van der Waals surface area contributed by atoms with E-state index < -0.39 is 0 Å². The van der Waals surface area contributed by atoms with E-state index >= 15 is 0 Å². The maximum atomic E-state index is 2.31. The van der Waals surface area contributed by atoms with Crippen molar-refractivity contribution in [1.82, 2.24) is 0 Å². The van der Waals surface area contributed by atoms with Crippen molar-refractivity contribution in [1.29, 1.82) is 0 Å². The molecule has 86 valence electrons. The van der Waals surface area contributed by atoms with E-state index in [2.05, 4.69) is 38.1 Å². The van der Waals surface area contributed by atoms with E-state index in [9.17, 15) is 0 Å². The lowest BCUT2D eigenvalue weighted by molar-refractivity contribution is 0.757. The number of hydrogen-bond donors (Lipinski definition) is 0. The summed E-state index contributed by atoms with van der Waals surface area (Å²) >= 11 is 0. The number of aryl methyl sites for hydroxylation is 2. The zero-order valence-electron chi connectivity index (χ0n) is 10.6. The van der Waals surface area contributed by atoms with Crippen molar-refractivity contribution in [2.75, 3.05) is 0 Å². The van der Waals surface area contributed by atoms with E-state index in [0.29, 0.717) is 0 Å². The fourth-order valence-electron chi connectivity index (χ4n) is 2.41. The Morgan fingerprint density at radius 2 is 1.00 bits per heavy atom. The second kappa shape index (κ2) is 5.34. The van der Waals surface area contributed by atoms with Crippen LogP contribution in [0.3, 0.4) is 0 Å². The molecule has 0 heteroatoms. The minimum Gasteiger partial charge on any atom is -0.0744 e. The Morgan fingerprint density at radius 3 is 1.38 bits per heavy atom. The summed E-state index contributed by atoms with van der Waals surface area (Å²) in [5.41, 5.74) is 6.23. The molecule has 0 nitrogen and oxygen atoms in total. The smallest absolute Gasteiger partial charge is 0.0276 e. The van der Waals surface area contributed by atoms with Crippen LogP contribution in [-0.2, 0) is 12.8 Å². The van der Waals surface area contributed by atoms with Gasteiger partial charge in [0.1, 0.15) is 0 Å². The van der Waals surface area contributed by atoms with Gasteiger partial charge >= 0.3 is 0 Å². The number of allylic oxidation sites excluding steroid dienone is 2. The van der Waals surface area contributed by atoms with Crippen LogP contribution in [0.25, 0.3) is 0 Å². The van der Waals surface area contributed by atoms with Crippen LogP contribution in [0.1, 0.15) is 50.7 Å². The molecule has 2 aliphatic rings. The summed E-state index contributed by atoms with van der Waals surface area (Å²) in [7, 11) is 0. The molecule has 3 rings (SSSR count). The number of rotatable bonds is 0. The lowest BCUT2D eigenvalue weighted by atomic mass is 9.95. The van der Waals surface area contributed by atoms with Crippen molar-refractivity contribution in [3.63, 3.8) is 0 Å². The molecule has 0 heterocycles. The second-order valence-electron chi connectivity index (χ2n) is 5.08. The van der Waals surface area contributed by atoms with Gasteiger partial charge in [0, 0.05) is 0 Å². The minimum atomic E-state index is 1.23. The summed E-state index contributed by atoms with van der Waals surface area (Å²) in [4.78, 5) is 0. The van der Waals surface area contributed by atoms with E-state index in [1.54, 1.807) is 11.1 Å². The Balaban J connectivity index is 2.14. The molecule has 0 saturated heterocycles. The van der Waals surface area contributed by atoms with Crippen molar-refractivity contribution < 1.29 is 0 Å². The molecule has 0 saturated carbocycles. The molecule has 16 heavy (non-hydrogen) atoms. The van der Waals surface area contributed by atoms with Crippen LogP contribution in [0.4, 0.5) is 0 Å². The maximum Gasteiger partial charge on any atom is -0.0276 e. The van der Waals surface area contributed by atoms with Gasteiger partial charge in [0.15, 0.2) is 0 Å². The van der Waals surface area contributed by atoms with Crippen LogP contribution in [0, 0.1) is 0 Å². The average Bonchev–Trinajstić information content (AvgIpc) is 2.29. The predicted molar refractivity (Wildman–Crippen MR) is 70.7 cm³/mol. The Kier molecular flexibility index (Phi) is 3.82. The first-order valence-corrected chi connectivity index (χ1v) is 6.49. The highest BCUT2D eigenvalue weighted by Crippen LogP contribution is 2.20. The topological polar surface area (TPSA) is 0 Å². The summed E-state index contributed by atoms with van der Waals surface area (Å²) in [5.74, 6) is 0. The van der Waals surface area contributed by atoms with E-state index in [1.165, 1.54) is 49.7 Å². The molecule has 0 aliphatic heterocycles. The summed E-state index contributed by atoms with van der Waals surface area (Å²) in [5, 5.41) is 0. The number of benzene rings is 1. The molecule has 0 radical (unpaired) electrons. The molecule has 1 aromatic rings. The second-order valence-corrected chi connectivity index (χ2v) is 5.08. The van der Waals surface area contributed by atoms with E-state index in [-0.39, 0.29) is 0 Å². The van der Waals surface area contributed by atoms with Gasteiger partial charge in [-0.25, -0.2) is 0 Å². The standard InChI is InChI=1S/C16H22/c1-13-5-3-7-15-9-11-16(12-10-15)8-4-6-14(13)2/h9-12H,3-8H2,1-2H3/b14-13-. The normalized spacial score (nSPS) is 22.6. The summed E-state index contributed by atoms with van der Waals surface area (Å²) in [6.45, 7) is 4.62. The minimum absolute atomic E-state index is 1.23. The van der Waals surface area contributed by atoms with Crippen LogP contribution >= 0.6 is 0 Å². The van der Waals surface area contributed by atoms with E-state index in [1.807, 2.05) is 0 Å². The summed E-state index contributed by atoms with van der Waals surface area (Å²) in [6.07, 6.45) is 7.59. The number of fused-ring (bicyclic) bond motifs is 8. The van der Waals surface area contributed by atoms with Crippen LogP contribution in [0.2, 0.25) is 0 Å². The van der Waals surface area contributed by atoms with Gasteiger partial charge in [0.25, 0.3) is 0 Å². The molecular formula is C16H22. The van der Waals surface area contributed by atoms with Gasteiger partial charge in [-0.3, -0.25) is 0 Å². The molecule has 2 aliphatic carbocycles. The highest BCUT2D eigenvalue weighted by Gasteiger charge is 2.02. The fourth-order valence-corrected chi connectivity index (χ4v) is 2.41. The summed E-state index contributed by atoms with van der Waals surface area (Å²) in [6, 6.07) is 9.23. The Labute approximate surface area is 99.4 Å². The molecule has 2 bridgehead atoms. The molecule has 0 amide bonds. The zero-order valence-corrected chi connectivity index (χ0v) is 10.6. The van der Waals surface area contributed by atoms with E-state index in [0.717, 1.165) is 0 Å². The van der Waals surface area contributed by atoms with Crippen molar-refractivity contribution >= 4 is 0 Å². The molecule has 0 aromatic heterocycles. The predicted octanol–water partition coefficient (Wildman–Crippen LogP) is 4.68. The largest absolute Gasteiger partial charge is 0.0744 e. The van der Waals surface area contributed by atoms with Gasteiger partial charge in [0.2, 0.25) is 0 Å². The summed E-state index contributed by atoms with van der Waals surface area (Å²) < 4.78 is 0. The lowest BCUT2D eigenvalue weighted by Gasteiger charge is -2.11. The SMILES string of the molecule is C/C1=C(\C)CCCc2ccc(cc2)CCC1. The van der Waals surface area contributed by atoms with Crippen molar-refractivity contribution in [3.8, 4) is 0 Å². The first-order chi connectivity index (χ1) is 7.75. The first-order valence-electron chi connectivity index (χ1n) is 6.49. The Bertz CT molecular complexity index is 331. The third-order valence-corrected chi connectivity index (χ3v) is 3.79. The third kappa shape index (κ3) is 2.98. The first kappa shape index (κ1) is 11.4. The molecular weight excluding hydrogens is 192 g/mol. The highest BCUT2D eigenvalue weighted by atomic mass is 14.1. The lowest BCUT2D eigenvalue weighted by Crippen LogP contribution is -1.94. The third-order valence-electron chi connectivity index (χ3n) is 3.79. The van der Waals surface area contributed by atoms with Gasteiger partial charge in [0.05, 0.1) is 0 Å². The van der Waals surface area contributed by atoms with Crippen LogP contribution in [-0.4, -0.2) is 0 Å². The molecule has 0 unspecified atom stereocenters. The highest BCUT2D eigenvalue weighted by molar-refractivity contribution is 5.23. The van der Waals surface area contributed by atoms with Crippen molar-refractivity contribution in [2.45, 2.75) is 52.4 Å². The molecule has 0 spiro atoms. The molecule has 0 N–H and O–H groups in total. The maximum absolute atomic E-state index is 2.31. The molecule has 1 aromatic carbocycles. The van der Waals surface area contributed by atoms with Gasteiger partial charge in [-0.1, -0.05) is 35.4 Å². The Hall–Kier alpha value is -1.04. The monoisotopic (exact) mass is 214 g/mol. The van der Waals surface area contributed by atoms with Crippen molar-refractivity contribution in [3.05, 3.63) is 46.5 Å². The van der Waals surface area contributed by atoms with Crippen molar-refractivity contribution in [2.24, 2.45) is 0 Å².